The number of rotatable bonds is 11. The number of piperidine rings is 1. The molecule has 2 saturated carbocycles. The van der Waals surface area contributed by atoms with Gasteiger partial charge in [-0.2, -0.15) is 31.4 Å². The maximum atomic E-state index is 14.3. The van der Waals surface area contributed by atoms with Gasteiger partial charge in [-0.25, -0.2) is 4.39 Å². The molecule has 3 fully saturated rings. The van der Waals surface area contributed by atoms with E-state index in [1.54, 1.807) is 16.8 Å². The predicted octanol–water partition coefficient (Wildman–Crippen LogP) is 10.0. The largest absolute Gasteiger partial charge is 0.481 e. The Morgan fingerprint density at radius 1 is 0.922 bits per heavy atom. The molecule has 6 rings (SSSR count). The number of hydrogen-bond donors (Lipinski definition) is 1. The number of nitrogens with zero attached hydrogens (tertiary/aromatic N) is 3. The van der Waals surface area contributed by atoms with Gasteiger partial charge in [-0.3, -0.25) is 9.48 Å². The van der Waals surface area contributed by atoms with Crippen LogP contribution in [0, 0.1) is 29.5 Å². The Bertz CT molecular complexity index is 1600. The lowest BCUT2D eigenvalue weighted by atomic mass is 9.85. The van der Waals surface area contributed by atoms with Crippen molar-refractivity contribution in [3.8, 4) is 0 Å². The number of carbonyl (C=O) groups is 1. The molecule has 1 saturated heterocycles. The van der Waals surface area contributed by atoms with Crippen molar-refractivity contribution in [3.63, 3.8) is 0 Å². The minimum atomic E-state index is -4.91. The number of carboxylic acid groups (broad SMARTS) is 1. The average Bonchev–Trinajstić information content (AvgIpc) is 3.63. The van der Waals surface area contributed by atoms with Crippen LogP contribution in [0.4, 0.5) is 30.7 Å². The molecule has 282 valence electrons. The van der Waals surface area contributed by atoms with Crippen LogP contribution < -0.4 is 0 Å². The Morgan fingerprint density at radius 3 is 2.12 bits per heavy atom. The van der Waals surface area contributed by atoms with E-state index in [0.29, 0.717) is 24.6 Å². The van der Waals surface area contributed by atoms with Crippen LogP contribution in [-0.4, -0.2) is 45.4 Å². The molecule has 0 bridgehead atoms. The molecule has 0 radical (unpaired) electrons. The number of aliphatic carboxylic acids is 1. The van der Waals surface area contributed by atoms with Crippen molar-refractivity contribution in [2.75, 3.05) is 19.6 Å². The minimum absolute atomic E-state index is 0. The summed E-state index contributed by atoms with van der Waals surface area (Å²) in [6.07, 6.45) is -4.00. The summed E-state index contributed by atoms with van der Waals surface area (Å²) in [7, 11) is 0. The monoisotopic (exact) mass is 765 g/mol. The first-order chi connectivity index (χ1) is 23.2. The molecule has 2 aliphatic carbocycles. The van der Waals surface area contributed by atoms with E-state index in [9.17, 15) is 40.6 Å². The SMILES string of the molecule is CCn1nc(Cc2cc(C(F)(F)F)cc(C(F)(F)F)c2)cc1C1CCN(CC2CC([C@H](CC3CC3)C(=O)O)CC2c2cccc(F)c2)CC1.Cl.Cl. The first kappa shape index (κ1) is 40.9. The highest BCUT2D eigenvalue weighted by Gasteiger charge is 2.44. The third-order valence-electron chi connectivity index (χ3n) is 10.9. The third kappa shape index (κ3) is 9.99. The van der Waals surface area contributed by atoms with Gasteiger partial charge >= 0.3 is 18.3 Å². The highest BCUT2D eigenvalue weighted by Crippen LogP contribution is 2.50. The number of alkyl halides is 6. The minimum Gasteiger partial charge on any atom is -0.481 e. The van der Waals surface area contributed by atoms with Crippen LogP contribution in [0.1, 0.15) is 97.3 Å². The van der Waals surface area contributed by atoms with Crippen LogP contribution >= 0.6 is 24.8 Å². The molecule has 51 heavy (non-hydrogen) atoms. The van der Waals surface area contributed by atoms with Gasteiger partial charge in [-0.05, 0) is 123 Å². The van der Waals surface area contributed by atoms with Crippen molar-refractivity contribution >= 4 is 30.8 Å². The molecule has 0 amide bonds. The second-order valence-electron chi connectivity index (χ2n) is 14.3. The lowest BCUT2D eigenvalue weighted by Gasteiger charge is -2.35. The normalized spacial score (nSPS) is 22.3. The van der Waals surface area contributed by atoms with E-state index in [-0.39, 0.29) is 78.3 Å². The summed E-state index contributed by atoms with van der Waals surface area (Å²) in [5, 5.41) is 14.7. The fraction of sp³-hybridized carbons (Fsp3) is 0.568. The first-order valence-electron chi connectivity index (χ1n) is 17.2. The van der Waals surface area contributed by atoms with E-state index in [4.69, 9.17) is 0 Å². The van der Waals surface area contributed by atoms with Crippen molar-refractivity contribution in [2.24, 2.45) is 23.7 Å². The lowest BCUT2D eigenvalue weighted by molar-refractivity contribution is -0.145. The average molecular weight is 767 g/mol. The summed E-state index contributed by atoms with van der Waals surface area (Å²) in [6.45, 7) is 4.74. The summed E-state index contributed by atoms with van der Waals surface area (Å²) in [4.78, 5) is 14.7. The summed E-state index contributed by atoms with van der Waals surface area (Å²) in [5.74, 6) is -0.523. The Labute approximate surface area is 305 Å². The standard InChI is InChI=1S/C37H42F7N3O2.2ClH/c1-2-47-34(20-31(45-47)14-23-12-28(36(39,40)41)19-29(13-23)37(42,43)44)24-8-10-46(11-9-24)21-27-16-26(33(35(48)49)15-22-6-7-22)18-32(27)25-4-3-5-30(38)17-25;;/h3-5,12-13,17,19-20,22,24,26-27,32-33H,2,6-11,14-16,18,21H2,1H3,(H,48,49);2*1H/t26?,27?,32?,33-;;/m0../s1. The molecular formula is C37H44Cl2F7N3O2. The highest BCUT2D eigenvalue weighted by atomic mass is 35.5. The summed E-state index contributed by atoms with van der Waals surface area (Å²) >= 11 is 0. The molecule has 3 unspecified atom stereocenters. The van der Waals surface area contributed by atoms with E-state index in [1.807, 2.05) is 19.1 Å². The van der Waals surface area contributed by atoms with Crippen LogP contribution in [0.5, 0.6) is 0 Å². The molecule has 3 aliphatic rings. The number of hydrogen-bond acceptors (Lipinski definition) is 3. The predicted molar refractivity (Wildman–Crippen MR) is 184 cm³/mol. The second kappa shape index (κ2) is 16.5. The smallest absolute Gasteiger partial charge is 0.416 e. The molecule has 2 heterocycles. The van der Waals surface area contributed by atoms with Gasteiger partial charge in [0, 0.05) is 31.1 Å². The van der Waals surface area contributed by atoms with E-state index >= 15 is 0 Å². The maximum Gasteiger partial charge on any atom is 0.416 e. The van der Waals surface area contributed by atoms with Crippen molar-refractivity contribution in [3.05, 3.63) is 88.0 Å². The Kier molecular flexibility index (Phi) is 13.2. The van der Waals surface area contributed by atoms with Gasteiger partial charge in [-0.1, -0.05) is 25.0 Å². The van der Waals surface area contributed by atoms with Crippen LogP contribution in [0.15, 0.2) is 48.5 Å². The number of aromatic nitrogens is 2. The van der Waals surface area contributed by atoms with Crippen molar-refractivity contribution < 1.29 is 40.6 Å². The van der Waals surface area contributed by atoms with E-state index < -0.39 is 29.4 Å². The molecule has 1 N–H and O–H groups in total. The zero-order chi connectivity index (χ0) is 35.1. The highest BCUT2D eigenvalue weighted by molar-refractivity contribution is 5.85. The van der Waals surface area contributed by atoms with Gasteiger partial charge in [0.05, 0.1) is 22.7 Å². The van der Waals surface area contributed by atoms with Crippen LogP contribution in [0.2, 0.25) is 0 Å². The van der Waals surface area contributed by atoms with Crippen molar-refractivity contribution in [2.45, 2.75) is 89.0 Å². The molecule has 1 aromatic heterocycles. The third-order valence-corrected chi connectivity index (χ3v) is 10.9. The topological polar surface area (TPSA) is 58.4 Å². The van der Waals surface area contributed by atoms with Gasteiger partial charge in [0.25, 0.3) is 0 Å². The number of aryl methyl sites for hydroxylation is 1. The maximum absolute atomic E-state index is 14.3. The second-order valence-corrected chi connectivity index (χ2v) is 14.3. The molecule has 1 aliphatic heterocycles. The number of likely N-dealkylation sites (tertiary alicyclic amines) is 1. The molecule has 14 heteroatoms. The van der Waals surface area contributed by atoms with Crippen LogP contribution in [-0.2, 0) is 30.1 Å². The molecule has 2 aromatic carbocycles. The molecule has 3 aromatic rings. The molecular weight excluding hydrogens is 722 g/mol. The summed E-state index contributed by atoms with van der Waals surface area (Å²) < 4.78 is 96.7. The summed E-state index contributed by atoms with van der Waals surface area (Å²) in [6, 6.07) is 10.1. The zero-order valence-electron chi connectivity index (χ0n) is 28.2. The fourth-order valence-electron chi connectivity index (χ4n) is 8.28. The van der Waals surface area contributed by atoms with Crippen LogP contribution in [0.25, 0.3) is 0 Å². The van der Waals surface area contributed by atoms with Crippen molar-refractivity contribution in [1.29, 1.82) is 0 Å². The fourth-order valence-corrected chi connectivity index (χ4v) is 8.28. The van der Waals surface area contributed by atoms with Gasteiger partial charge < -0.3 is 10.0 Å². The zero-order valence-corrected chi connectivity index (χ0v) is 29.9. The number of benzene rings is 2. The van der Waals surface area contributed by atoms with E-state index in [1.165, 1.54) is 6.07 Å². The van der Waals surface area contributed by atoms with E-state index in [0.717, 1.165) is 81.5 Å². The first-order valence-corrected chi connectivity index (χ1v) is 17.2. The number of carboxylic acids is 1. The van der Waals surface area contributed by atoms with E-state index in [2.05, 4.69) is 10.00 Å². The number of halogens is 9. The van der Waals surface area contributed by atoms with Gasteiger partial charge in [0.1, 0.15) is 5.82 Å². The lowest BCUT2D eigenvalue weighted by Crippen LogP contribution is -2.37. The van der Waals surface area contributed by atoms with Gasteiger partial charge in [-0.15, -0.1) is 24.8 Å². The van der Waals surface area contributed by atoms with Gasteiger partial charge in [0.2, 0.25) is 0 Å². The summed E-state index contributed by atoms with van der Waals surface area (Å²) in [5.41, 5.74) is -0.525. The van der Waals surface area contributed by atoms with Crippen LogP contribution in [0.3, 0.4) is 0 Å². The van der Waals surface area contributed by atoms with Gasteiger partial charge in [0.15, 0.2) is 0 Å². The molecule has 4 atom stereocenters. The molecule has 5 nitrogen and oxygen atoms in total. The Hall–Kier alpha value is -2.83. The molecule has 0 spiro atoms. The Morgan fingerprint density at radius 2 is 1.57 bits per heavy atom. The Balaban J connectivity index is 0.00000292. The van der Waals surface area contributed by atoms with Crippen molar-refractivity contribution in [1.82, 2.24) is 14.7 Å². The quantitative estimate of drug-likeness (QED) is 0.198.